The second kappa shape index (κ2) is 9.27. The first kappa shape index (κ1) is 23.1. The highest BCUT2D eigenvalue weighted by Gasteiger charge is 2.30. The third-order valence-corrected chi connectivity index (χ3v) is 6.98. The lowest BCUT2D eigenvalue weighted by molar-refractivity contribution is -0.137. The molecule has 1 N–H and O–H groups in total. The molecule has 0 aromatic heterocycles. The zero-order chi connectivity index (χ0) is 22.6. The molecule has 1 aliphatic heterocycles. The molecular formula is C21H23F3N2O4S. The molecule has 31 heavy (non-hydrogen) atoms. The Hall–Kier alpha value is -2.59. The summed E-state index contributed by atoms with van der Waals surface area (Å²) < 4.78 is 69.9. The van der Waals surface area contributed by atoms with Crippen molar-refractivity contribution in [3.05, 3.63) is 54.1 Å². The summed E-state index contributed by atoms with van der Waals surface area (Å²) in [5.74, 6) is 0.253. The molecule has 1 aliphatic rings. The highest BCUT2D eigenvalue weighted by Crippen LogP contribution is 2.30. The average Bonchev–Trinajstić information content (AvgIpc) is 2.73. The first-order valence-corrected chi connectivity index (χ1v) is 11.2. The number of piperidine rings is 1. The van der Waals surface area contributed by atoms with Crippen molar-refractivity contribution < 1.29 is 31.1 Å². The zero-order valence-corrected chi connectivity index (χ0v) is 17.7. The van der Waals surface area contributed by atoms with Crippen molar-refractivity contribution in [3.63, 3.8) is 0 Å². The number of hydrogen-bond donors (Lipinski definition) is 1. The van der Waals surface area contributed by atoms with Crippen LogP contribution in [0.25, 0.3) is 0 Å². The van der Waals surface area contributed by atoms with Crippen LogP contribution in [0.5, 0.6) is 5.75 Å². The van der Waals surface area contributed by atoms with Gasteiger partial charge in [-0.1, -0.05) is 6.92 Å². The Labute approximate surface area is 179 Å². The number of carbonyl (C=O) groups excluding carboxylic acids is 1. The van der Waals surface area contributed by atoms with Gasteiger partial charge in [0.15, 0.2) is 6.61 Å². The summed E-state index contributed by atoms with van der Waals surface area (Å²) in [6.07, 6.45) is -2.79. The number of rotatable bonds is 6. The van der Waals surface area contributed by atoms with E-state index < -0.39 is 27.7 Å². The minimum absolute atomic E-state index is 0.156. The standard InChI is InChI=1S/C21H23F3N2O4S/c1-15-10-12-26(13-11-15)31(28,29)19-8-6-18(7-9-19)30-14-20(27)25-17-4-2-16(3-5-17)21(22,23)24/h2-9,15H,10-14H2,1H3,(H,25,27). The second-order valence-corrected chi connectivity index (χ2v) is 9.41. The molecule has 6 nitrogen and oxygen atoms in total. The molecule has 0 saturated carbocycles. The number of benzene rings is 2. The number of alkyl halides is 3. The molecule has 3 rings (SSSR count). The van der Waals surface area contributed by atoms with Crippen LogP contribution in [-0.2, 0) is 21.0 Å². The molecule has 0 radical (unpaired) electrons. The van der Waals surface area contributed by atoms with Gasteiger partial charge in [-0.3, -0.25) is 4.79 Å². The molecule has 10 heteroatoms. The number of halogens is 3. The Balaban J connectivity index is 1.53. The van der Waals surface area contributed by atoms with E-state index >= 15 is 0 Å². The van der Waals surface area contributed by atoms with Crippen LogP contribution in [0.4, 0.5) is 18.9 Å². The zero-order valence-electron chi connectivity index (χ0n) is 16.9. The Bertz CT molecular complexity index is 998. The van der Waals surface area contributed by atoms with E-state index in [9.17, 15) is 26.4 Å². The lowest BCUT2D eigenvalue weighted by Gasteiger charge is -2.29. The number of anilines is 1. The summed E-state index contributed by atoms with van der Waals surface area (Å²) in [5, 5.41) is 2.44. The molecule has 168 valence electrons. The normalized spacial score (nSPS) is 16.1. The van der Waals surface area contributed by atoms with Crippen LogP contribution in [0.3, 0.4) is 0 Å². The quantitative estimate of drug-likeness (QED) is 0.709. The van der Waals surface area contributed by atoms with Crippen molar-refractivity contribution in [2.45, 2.75) is 30.8 Å². The minimum atomic E-state index is -4.45. The maximum absolute atomic E-state index is 12.7. The van der Waals surface area contributed by atoms with E-state index in [1.54, 1.807) is 0 Å². The Morgan fingerprint density at radius 2 is 1.65 bits per heavy atom. The van der Waals surface area contributed by atoms with Crippen molar-refractivity contribution >= 4 is 21.6 Å². The van der Waals surface area contributed by atoms with E-state index in [1.807, 2.05) is 0 Å². The minimum Gasteiger partial charge on any atom is -0.484 e. The van der Waals surface area contributed by atoms with Gasteiger partial charge < -0.3 is 10.1 Å². The van der Waals surface area contributed by atoms with Crippen molar-refractivity contribution in [2.75, 3.05) is 25.0 Å². The number of ether oxygens (including phenoxy) is 1. The van der Waals surface area contributed by atoms with Gasteiger partial charge in [-0.15, -0.1) is 0 Å². The van der Waals surface area contributed by atoms with Crippen LogP contribution in [-0.4, -0.2) is 38.3 Å². The number of carbonyl (C=O) groups is 1. The van der Waals surface area contributed by atoms with E-state index in [4.69, 9.17) is 4.74 Å². The Kier molecular flexibility index (Phi) is 6.90. The summed E-state index contributed by atoms with van der Waals surface area (Å²) in [5.41, 5.74) is -0.602. The molecule has 0 unspecified atom stereocenters. The first-order chi connectivity index (χ1) is 14.6. The molecule has 1 amide bonds. The summed E-state index contributed by atoms with van der Waals surface area (Å²) in [6, 6.07) is 9.84. The van der Waals surface area contributed by atoms with Gasteiger partial charge >= 0.3 is 6.18 Å². The van der Waals surface area contributed by atoms with Gasteiger partial charge in [0.25, 0.3) is 5.91 Å². The molecule has 0 atom stereocenters. The molecule has 1 heterocycles. The largest absolute Gasteiger partial charge is 0.484 e. The molecule has 2 aromatic rings. The van der Waals surface area contributed by atoms with E-state index in [0.717, 1.165) is 37.1 Å². The van der Waals surface area contributed by atoms with Gasteiger partial charge in [-0.2, -0.15) is 17.5 Å². The highest BCUT2D eigenvalue weighted by atomic mass is 32.2. The lowest BCUT2D eigenvalue weighted by Crippen LogP contribution is -2.37. The van der Waals surface area contributed by atoms with Crippen molar-refractivity contribution in [3.8, 4) is 5.75 Å². The smallest absolute Gasteiger partial charge is 0.416 e. The van der Waals surface area contributed by atoms with Crippen molar-refractivity contribution in [2.24, 2.45) is 5.92 Å². The van der Waals surface area contributed by atoms with Gasteiger partial charge in [0.1, 0.15) is 5.75 Å². The summed E-state index contributed by atoms with van der Waals surface area (Å²) in [7, 11) is -3.57. The fourth-order valence-electron chi connectivity index (χ4n) is 3.17. The maximum Gasteiger partial charge on any atom is 0.416 e. The molecular weight excluding hydrogens is 433 g/mol. The van der Waals surface area contributed by atoms with Crippen LogP contribution in [0, 0.1) is 5.92 Å². The number of sulfonamides is 1. The van der Waals surface area contributed by atoms with E-state index in [1.165, 1.54) is 28.6 Å². The van der Waals surface area contributed by atoms with Crippen molar-refractivity contribution in [1.82, 2.24) is 4.31 Å². The highest BCUT2D eigenvalue weighted by molar-refractivity contribution is 7.89. The van der Waals surface area contributed by atoms with Crippen LogP contribution < -0.4 is 10.1 Å². The molecule has 0 bridgehead atoms. The molecule has 1 fully saturated rings. The number of nitrogens with zero attached hydrogens (tertiary/aromatic N) is 1. The number of nitrogens with one attached hydrogen (secondary N) is 1. The van der Waals surface area contributed by atoms with Gasteiger partial charge in [0.2, 0.25) is 10.0 Å². The Morgan fingerprint density at radius 3 is 2.19 bits per heavy atom. The monoisotopic (exact) mass is 456 g/mol. The van der Waals surface area contributed by atoms with Gasteiger partial charge in [-0.05, 0) is 67.3 Å². The van der Waals surface area contributed by atoms with E-state index in [2.05, 4.69) is 12.2 Å². The van der Waals surface area contributed by atoms with Gasteiger partial charge in [-0.25, -0.2) is 8.42 Å². The second-order valence-electron chi connectivity index (χ2n) is 7.47. The summed E-state index contributed by atoms with van der Waals surface area (Å²) >= 11 is 0. The fourth-order valence-corrected chi connectivity index (χ4v) is 4.64. The topological polar surface area (TPSA) is 75.7 Å². The maximum atomic E-state index is 12.7. The SMILES string of the molecule is CC1CCN(S(=O)(=O)c2ccc(OCC(=O)Nc3ccc(C(F)(F)F)cc3)cc2)CC1. The van der Waals surface area contributed by atoms with Gasteiger partial charge in [0.05, 0.1) is 10.5 Å². The molecule has 2 aromatic carbocycles. The van der Waals surface area contributed by atoms with Crippen LogP contribution in [0.2, 0.25) is 0 Å². The predicted molar refractivity (Wildman–Crippen MR) is 109 cm³/mol. The Morgan fingerprint density at radius 1 is 1.06 bits per heavy atom. The van der Waals surface area contributed by atoms with Crippen LogP contribution in [0.1, 0.15) is 25.3 Å². The van der Waals surface area contributed by atoms with Crippen molar-refractivity contribution in [1.29, 1.82) is 0 Å². The molecule has 1 saturated heterocycles. The molecule has 0 spiro atoms. The average molecular weight is 456 g/mol. The molecule has 0 aliphatic carbocycles. The fraction of sp³-hybridized carbons (Fsp3) is 0.381. The first-order valence-electron chi connectivity index (χ1n) is 9.76. The van der Waals surface area contributed by atoms with Crippen LogP contribution >= 0.6 is 0 Å². The number of hydrogen-bond acceptors (Lipinski definition) is 4. The lowest BCUT2D eigenvalue weighted by atomic mass is 10.0. The third kappa shape index (κ3) is 5.98. The third-order valence-electron chi connectivity index (χ3n) is 5.07. The van der Waals surface area contributed by atoms with E-state index in [-0.39, 0.29) is 17.2 Å². The summed E-state index contributed by atoms with van der Waals surface area (Å²) in [6.45, 7) is 2.71. The number of amides is 1. The van der Waals surface area contributed by atoms with Gasteiger partial charge in [0, 0.05) is 18.8 Å². The van der Waals surface area contributed by atoms with Crippen LogP contribution in [0.15, 0.2) is 53.4 Å². The van der Waals surface area contributed by atoms with E-state index in [0.29, 0.717) is 24.8 Å². The predicted octanol–water partition coefficient (Wildman–Crippen LogP) is 4.14. The summed E-state index contributed by atoms with van der Waals surface area (Å²) in [4.78, 5) is 12.1.